The SMILES string of the molecule is CC(NC(=O)CN(C)CCOc1ccc(Cl)cc1)c1ccc(F)cc1F. The highest BCUT2D eigenvalue weighted by molar-refractivity contribution is 6.30. The maximum Gasteiger partial charge on any atom is 0.234 e. The standard InChI is InChI=1S/C19H21ClF2N2O2/c1-13(17-8-5-15(21)11-18(17)22)23-19(25)12-24(2)9-10-26-16-6-3-14(20)4-7-16/h3-8,11,13H,9-10,12H2,1-2H3,(H,23,25). The second kappa shape index (κ2) is 9.50. The minimum Gasteiger partial charge on any atom is -0.492 e. The molecule has 0 fully saturated rings. The van der Waals surface area contributed by atoms with Crippen molar-refractivity contribution in [3.8, 4) is 5.75 Å². The lowest BCUT2D eigenvalue weighted by Crippen LogP contribution is -2.38. The van der Waals surface area contributed by atoms with Crippen LogP contribution in [0, 0.1) is 11.6 Å². The predicted octanol–water partition coefficient (Wildman–Crippen LogP) is 3.81. The Hall–Kier alpha value is -2.18. The lowest BCUT2D eigenvalue weighted by Gasteiger charge is -2.19. The highest BCUT2D eigenvalue weighted by atomic mass is 35.5. The fourth-order valence-corrected chi connectivity index (χ4v) is 2.52. The molecular formula is C19H21ClF2N2O2. The van der Waals surface area contributed by atoms with Crippen LogP contribution in [0.15, 0.2) is 42.5 Å². The van der Waals surface area contributed by atoms with E-state index in [4.69, 9.17) is 16.3 Å². The van der Waals surface area contributed by atoms with E-state index in [1.54, 1.807) is 43.1 Å². The molecule has 0 aliphatic heterocycles. The molecule has 0 aliphatic rings. The summed E-state index contributed by atoms with van der Waals surface area (Å²) in [5.41, 5.74) is 0.244. The molecule has 1 amide bonds. The van der Waals surface area contributed by atoms with Gasteiger partial charge in [0.05, 0.1) is 12.6 Å². The highest BCUT2D eigenvalue weighted by Crippen LogP contribution is 2.18. The predicted molar refractivity (Wildman–Crippen MR) is 97.4 cm³/mol. The summed E-state index contributed by atoms with van der Waals surface area (Å²) in [6, 6.07) is 9.77. The number of amides is 1. The summed E-state index contributed by atoms with van der Waals surface area (Å²) in [6.45, 7) is 2.73. The molecule has 2 aromatic carbocycles. The molecule has 2 rings (SSSR count). The van der Waals surface area contributed by atoms with E-state index >= 15 is 0 Å². The van der Waals surface area contributed by atoms with Crippen molar-refractivity contribution in [1.82, 2.24) is 10.2 Å². The highest BCUT2D eigenvalue weighted by Gasteiger charge is 2.15. The van der Waals surface area contributed by atoms with Crippen LogP contribution in [0.4, 0.5) is 8.78 Å². The first-order valence-corrected chi connectivity index (χ1v) is 8.54. The minimum atomic E-state index is -0.678. The maximum absolute atomic E-state index is 13.7. The van der Waals surface area contributed by atoms with Gasteiger partial charge >= 0.3 is 0 Å². The number of ether oxygens (including phenoxy) is 1. The Balaban J connectivity index is 1.74. The summed E-state index contributed by atoms with van der Waals surface area (Å²) in [6.07, 6.45) is 0. The Morgan fingerprint density at radius 1 is 1.23 bits per heavy atom. The van der Waals surface area contributed by atoms with E-state index in [9.17, 15) is 13.6 Å². The van der Waals surface area contributed by atoms with Crippen LogP contribution in [0.25, 0.3) is 0 Å². The molecule has 1 unspecified atom stereocenters. The number of benzene rings is 2. The first-order chi connectivity index (χ1) is 12.3. The van der Waals surface area contributed by atoms with E-state index in [1.165, 1.54) is 12.1 Å². The average molecular weight is 383 g/mol. The van der Waals surface area contributed by atoms with Crippen molar-refractivity contribution in [2.75, 3.05) is 26.7 Å². The summed E-state index contributed by atoms with van der Waals surface area (Å²) < 4.78 is 32.3. The van der Waals surface area contributed by atoms with Crippen molar-refractivity contribution in [3.05, 3.63) is 64.7 Å². The molecule has 0 saturated heterocycles. The third kappa shape index (κ3) is 6.28. The normalized spacial score (nSPS) is 12.1. The lowest BCUT2D eigenvalue weighted by atomic mass is 10.1. The molecular weight excluding hydrogens is 362 g/mol. The van der Waals surface area contributed by atoms with Gasteiger partial charge < -0.3 is 10.1 Å². The van der Waals surface area contributed by atoms with Crippen molar-refractivity contribution in [3.63, 3.8) is 0 Å². The molecule has 0 bridgehead atoms. The van der Waals surface area contributed by atoms with Crippen molar-refractivity contribution >= 4 is 17.5 Å². The van der Waals surface area contributed by atoms with Gasteiger partial charge in [-0.25, -0.2) is 8.78 Å². The average Bonchev–Trinajstić information content (AvgIpc) is 2.56. The van der Waals surface area contributed by atoms with E-state index in [0.717, 1.165) is 6.07 Å². The van der Waals surface area contributed by atoms with Crippen molar-refractivity contribution in [2.24, 2.45) is 0 Å². The number of hydrogen-bond acceptors (Lipinski definition) is 3. The van der Waals surface area contributed by atoms with Crippen molar-refractivity contribution in [2.45, 2.75) is 13.0 Å². The Labute approximate surface area is 156 Å². The van der Waals surface area contributed by atoms with Gasteiger partial charge in [-0.1, -0.05) is 17.7 Å². The van der Waals surface area contributed by atoms with Gasteiger partial charge in [0.2, 0.25) is 5.91 Å². The van der Waals surface area contributed by atoms with Crippen LogP contribution in [-0.2, 0) is 4.79 Å². The summed E-state index contributed by atoms with van der Waals surface area (Å²) in [4.78, 5) is 13.9. The van der Waals surface area contributed by atoms with E-state index in [0.29, 0.717) is 23.9 Å². The van der Waals surface area contributed by atoms with Gasteiger partial charge in [-0.3, -0.25) is 9.69 Å². The van der Waals surface area contributed by atoms with Crippen molar-refractivity contribution < 1.29 is 18.3 Å². The van der Waals surface area contributed by atoms with Gasteiger partial charge in [0.1, 0.15) is 24.0 Å². The molecule has 1 atom stereocenters. The second-order valence-corrected chi connectivity index (χ2v) is 6.43. The second-order valence-electron chi connectivity index (χ2n) is 6.00. The number of nitrogens with zero attached hydrogens (tertiary/aromatic N) is 1. The van der Waals surface area contributed by atoms with Gasteiger partial charge in [-0.2, -0.15) is 0 Å². The quantitative estimate of drug-likeness (QED) is 0.755. The smallest absolute Gasteiger partial charge is 0.234 e. The fourth-order valence-electron chi connectivity index (χ4n) is 2.39. The first-order valence-electron chi connectivity index (χ1n) is 8.16. The third-order valence-electron chi connectivity index (χ3n) is 3.78. The summed E-state index contributed by atoms with van der Waals surface area (Å²) >= 11 is 5.81. The number of nitrogens with one attached hydrogen (secondary N) is 1. The number of rotatable bonds is 8. The van der Waals surface area contributed by atoms with Crippen LogP contribution in [0.5, 0.6) is 5.75 Å². The van der Waals surface area contributed by atoms with E-state index in [2.05, 4.69) is 5.32 Å². The number of carbonyl (C=O) groups is 1. The van der Waals surface area contributed by atoms with Crippen LogP contribution in [0.2, 0.25) is 5.02 Å². The van der Waals surface area contributed by atoms with E-state index < -0.39 is 17.7 Å². The lowest BCUT2D eigenvalue weighted by molar-refractivity contribution is -0.122. The van der Waals surface area contributed by atoms with Gasteiger partial charge in [-0.15, -0.1) is 0 Å². The summed E-state index contributed by atoms with van der Waals surface area (Å²) in [5, 5.41) is 3.34. The molecule has 0 radical (unpaired) electrons. The van der Waals surface area contributed by atoms with Gasteiger partial charge in [0.15, 0.2) is 0 Å². The molecule has 4 nitrogen and oxygen atoms in total. The topological polar surface area (TPSA) is 41.6 Å². The van der Waals surface area contributed by atoms with Gasteiger partial charge in [0.25, 0.3) is 0 Å². The molecule has 2 aromatic rings. The van der Waals surface area contributed by atoms with Crippen LogP contribution >= 0.6 is 11.6 Å². The zero-order valence-electron chi connectivity index (χ0n) is 14.6. The van der Waals surface area contributed by atoms with Gasteiger partial charge in [-0.05, 0) is 44.3 Å². The minimum absolute atomic E-state index is 0.136. The molecule has 0 spiro atoms. The molecule has 0 heterocycles. The maximum atomic E-state index is 13.7. The van der Waals surface area contributed by atoms with Crippen LogP contribution in [-0.4, -0.2) is 37.6 Å². The molecule has 0 aliphatic carbocycles. The zero-order valence-corrected chi connectivity index (χ0v) is 15.4. The van der Waals surface area contributed by atoms with E-state index in [-0.39, 0.29) is 18.0 Å². The molecule has 1 N–H and O–H groups in total. The van der Waals surface area contributed by atoms with Crippen LogP contribution < -0.4 is 10.1 Å². The third-order valence-corrected chi connectivity index (χ3v) is 4.03. The summed E-state index contributed by atoms with van der Waals surface area (Å²) in [5.74, 6) is -0.879. The molecule has 7 heteroatoms. The number of halogens is 3. The van der Waals surface area contributed by atoms with Gasteiger partial charge in [0, 0.05) is 23.2 Å². The largest absolute Gasteiger partial charge is 0.492 e. The van der Waals surface area contributed by atoms with Crippen molar-refractivity contribution in [1.29, 1.82) is 0 Å². The Bertz CT molecular complexity index is 741. The molecule has 0 saturated carbocycles. The fraction of sp³-hybridized carbons (Fsp3) is 0.316. The number of likely N-dealkylation sites (N-methyl/N-ethyl adjacent to an activating group) is 1. The Kier molecular flexibility index (Phi) is 7.36. The Morgan fingerprint density at radius 3 is 2.58 bits per heavy atom. The monoisotopic (exact) mass is 382 g/mol. The summed E-state index contributed by atoms with van der Waals surface area (Å²) in [7, 11) is 1.79. The number of carbonyl (C=O) groups excluding carboxylic acids is 1. The van der Waals surface area contributed by atoms with Crippen LogP contribution in [0.3, 0.4) is 0 Å². The molecule has 26 heavy (non-hydrogen) atoms. The number of hydrogen-bond donors (Lipinski definition) is 1. The Morgan fingerprint density at radius 2 is 1.92 bits per heavy atom. The molecule has 140 valence electrons. The first kappa shape index (κ1) is 20.1. The van der Waals surface area contributed by atoms with Crippen LogP contribution in [0.1, 0.15) is 18.5 Å². The van der Waals surface area contributed by atoms with E-state index in [1.807, 2.05) is 0 Å². The molecule has 0 aromatic heterocycles. The zero-order chi connectivity index (χ0) is 19.1.